The molecule has 0 unspecified atom stereocenters. The maximum Gasteiger partial charge on any atom is 0.240 e. The summed E-state index contributed by atoms with van der Waals surface area (Å²) in [7, 11) is 0. The molecule has 1 fully saturated rings. The Kier molecular flexibility index (Phi) is 2.52. The minimum atomic E-state index is -0.593. The van der Waals surface area contributed by atoms with Gasteiger partial charge in [-0.05, 0) is 19.3 Å². The standard InChI is InChI=1S/C9H13N3OS/c10-9(2-1-3-9)8(13)12-5-7-4-11-6-14-7/h4,6H,1-3,5,10H2,(H,12,13). The van der Waals surface area contributed by atoms with Gasteiger partial charge in [0, 0.05) is 11.1 Å². The summed E-state index contributed by atoms with van der Waals surface area (Å²) < 4.78 is 0. The molecule has 4 nitrogen and oxygen atoms in total. The van der Waals surface area contributed by atoms with Gasteiger partial charge in [0.1, 0.15) is 0 Å². The van der Waals surface area contributed by atoms with Crippen molar-refractivity contribution in [3.8, 4) is 0 Å². The Hall–Kier alpha value is -0.940. The van der Waals surface area contributed by atoms with Crippen LogP contribution in [0.5, 0.6) is 0 Å². The molecule has 76 valence electrons. The van der Waals surface area contributed by atoms with Crippen LogP contribution in [0.25, 0.3) is 0 Å². The van der Waals surface area contributed by atoms with Crippen molar-refractivity contribution in [2.24, 2.45) is 5.73 Å². The summed E-state index contributed by atoms with van der Waals surface area (Å²) in [5.74, 6) is -0.0304. The van der Waals surface area contributed by atoms with E-state index in [1.165, 1.54) is 11.3 Å². The number of carbonyl (C=O) groups is 1. The van der Waals surface area contributed by atoms with Crippen molar-refractivity contribution in [1.82, 2.24) is 10.3 Å². The molecule has 0 radical (unpaired) electrons. The number of hydrogen-bond acceptors (Lipinski definition) is 4. The fraction of sp³-hybridized carbons (Fsp3) is 0.556. The molecule has 3 N–H and O–H groups in total. The van der Waals surface area contributed by atoms with Gasteiger partial charge in [-0.1, -0.05) is 0 Å². The fourth-order valence-corrected chi connectivity index (χ4v) is 1.99. The normalized spacial score (nSPS) is 18.6. The Balaban J connectivity index is 1.84. The molecule has 1 amide bonds. The number of nitrogens with one attached hydrogen (secondary N) is 1. The highest BCUT2D eigenvalue weighted by molar-refractivity contribution is 7.09. The first kappa shape index (κ1) is 9.61. The Morgan fingerprint density at radius 2 is 2.50 bits per heavy atom. The van der Waals surface area contributed by atoms with Gasteiger partial charge in [-0.2, -0.15) is 0 Å². The lowest BCUT2D eigenvalue weighted by Gasteiger charge is -2.36. The molecule has 1 aliphatic carbocycles. The van der Waals surface area contributed by atoms with Gasteiger partial charge in [0.15, 0.2) is 0 Å². The molecule has 1 saturated carbocycles. The number of nitrogens with zero attached hydrogens (tertiary/aromatic N) is 1. The van der Waals surface area contributed by atoms with Crippen LogP contribution in [-0.4, -0.2) is 16.4 Å². The lowest BCUT2D eigenvalue weighted by Crippen LogP contribution is -2.58. The van der Waals surface area contributed by atoms with E-state index in [9.17, 15) is 4.79 Å². The first-order valence-electron chi connectivity index (χ1n) is 4.65. The van der Waals surface area contributed by atoms with Crippen LogP contribution in [-0.2, 0) is 11.3 Å². The number of amides is 1. The Morgan fingerprint density at radius 3 is 3.00 bits per heavy atom. The molecule has 1 heterocycles. The van der Waals surface area contributed by atoms with Crippen LogP contribution in [0, 0.1) is 0 Å². The molecule has 0 aromatic carbocycles. The Morgan fingerprint density at radius 1 is 1.71 bits per heavy atom. The second-order valence-electron chi connectivity index (χ2n) is 3.66. The van der Waals surface area contributed by atoms with Crippen molar-refractivity contribution in [2.45, 2.75) is 31.3 Å². The minimum Gasteiger partial charge on any atom is -0.350 e. The van der Waals surface area contributed by atoms with Gasteiger partial charge < -0.3 is 11.1 Å². The first-order valence-corrected chi connectivity index (χ1v) is 5.53. The Labute approximate surface area is 86.5 Å². The zero-order valence-corrected chi connectivity index (χ0v) is 8.64. The van der Waals surface area contributed by atoms with E-state index in [-0.39, 0.29) is 5.91 Å². The molecule has 1 aromatic rings. The summed E-state index contributed by atoms with van der Waals surface area (Å²) in [5.41, 5.74) is 7.02. The highest BCUT2D eigenvalue weighted by Gasteiger charge is 2.39. The van der Waals surface area contributed by atoms with Crippen molar-refractivity contribution in [2.75, 3.05) is 0 Å². The maximum absolute atomic E-state index is 11.6. The van der Waals surface area contributed by atoms with Gasteiger partial charge in [-0.3, -0.25) is 9.78 Å². The third-order valence-electron chi connectivity index (χ3n) is 2.60. The SMILES string of the molecule is NC1(C(=O)NCc2cncs2)CCC1. The molecule has 0 bridgehead atoms. The van der Waals surface area contributed by atoms with Crippen LogP contribution in [0.2, 0.25) is 0 Å². The topological polar surface area (TPSA) is 68.0 Å². The van der Waals surface area contributed by atoms with E-state index in [1.54, 1.807) is 11.7 Å². The van der Waals surface area contributed by atoms with Gasteiger partial charge in [0.2, 0.25) is 5.91 Å². The molecule has 1 aromatic heterocycles. The quantitative estimate of drug-likeness (QED) is 0.771. The highest BCUT2D eigenvalue weighted by atomic mass is 32.1. The van der Waals surface area contributed by atoms with E-state index in [1.807, 2.05) is 0 Å². The van der Waals surface area contributed by atoms with Crippen LogP contribution in [0.3, 0.4) is 0 Å². The predicted octanol–water partition coefficient (Wildman–Crippen LogP) is 0.641. The third-order valence-corrected chi connectivity index (χ3v) is 3.38. The van der Waals surface area contributed by atoms with E-state index in [4.69, 9.17) is 5.73 Å². The number of rotatable bonds is 3. The van der Waals surface area contributed by atoms with Crippen molar-refractivity contribution in [3.05, 3.63) is 16.6 Å². The average Bonchev–Trinajstić information content (AvgIpc) is 2.62. The molecular weight excluding hydrogens is 198 g/mol. The lowest BCUT2D eigenvalue weighted by atomic mass is 9.77. The van der Waals surface area contributed by atoms with Crippen molar-refractivity contribution >= 4 is 17.2 Å². The van der Waals surface area contributed by atoms with Crippen LogP contribution in [0.1, 0.15) is 24.1 Å². The van der Waals surface area contributed by atoms with Gasteiger partial charge in [-0.25, -0.2) is 0 Å². The first-order chi connectivity index (χ1) is 6.71. The summed E-state index contributed by atoms with van der Waals surface area (Å²) in [5, 5.41) is 2.83. The zero-order valence-electron chi connectivity index (χ0n) is 7.82. The van der Waals surface area contributed by atoms with Gasteiger partial charge in [-0.15, -0.1) is 11.3 Å². The monoisotopic (exact) mass is 211 g/mol. The summed E-state index contributed by atoms with van der Waals surface area (Å²) >= 11 is 1.53. The van der Waals surface area contributed by atoms with Crippen molar-refractivity contribution in [3.63, 3.8) is 0 Å². The summed E-state index contributed by atoms with van der Waals surface area (Å²) in [6.07, 6.45) is 4.43. The molecule has 14 heavy (non-hydrogen) atoms. The molecule has 1 aliphatic rings. The van der Waals surface area contributed by atoms with Crippen molar-refractivity contribution in [1.29, 1.82) is 0 Å². The van der Waals surface area contributed by atoms with E-state index in [0.29, 0.717) is 6.54 Å². The number of aromatic nitrogens is 1. The molecule has 0 aliphatic heterocycles. The van der Waals surface area contributed by atoms with Gasteiger partial charge >= 0.3 is 0 Å². The molecule has 2 rings (SSSR count). The number of hydrogen-bond donors (Lipinski definition) is 2. The van der Waals surface area contributed by atoms with Gasteiger partial charge in [0.25, 0.3) is 0 Å². The average molecular weight is 211 g/mol. The minimum absolute atomic E-state index is 0.0304. The molecular formula is C9H13N3OS. The Bertz CT molecular complexity index is 319. The van der Waals surface area contributed by atoms with E-state index in [2.05, 4.69) is 10.3 Å². The smallest absolute Gasteiger partial charge is 0.240 e. The number of carbonyl (C=O) groups excluding carboxylic acids is 1. The van der Waals surface area contributed by atoms with Gasteiger partial charge in [0.05, 0.1) is 17.6 Å². The molecule has 0 saturated heterocycles. The van der Waals surface area contributed by atoms with Crippen LogP contribution >= 0.6 is 11.3 Å². The molecule has 0 spiro atoms. The van der Waals surface area contributed by atoms with Crippen LogP contribution in [0.15, 0.2) is 11.7 Å². The fourth-order valence-electron chi connectivity index (χ4n) is 1.46. The highest BCUT2D eigenvalue weighted by Crippen LogP contribution is 2.29. The van der Waals surface area contributed by atoms with E-state index in [0.717, 1.165) is 24.1 Å². The summed E-state index contributed by atoms with van der Waals surface area (Å²) in [6, 6.07) is 0. The molecule has 0 atom stereocenters. The lowest BCUT2D eigenvalue weighted by molar-refractivity contribution is -0.129. The maximum atomic E-state index is 11.6. The third kappa shape index (κ3) is 1.78. The van der Waals surface area contributed by atoms with E-state index >= 15 is 0 Å². The van der Waals surface area contributed by atoms with Crippen LogP contribution in [0.4, 0.5) is 0 Å². The summed E-state index contributed by atoms with van der Waals surface area (Å²) in [6.45, 7) is 0.544. The van der Waals surface area contributed by atoms with Crippen LogP contribution < -0.4 is 11.1 Å². The van der Waals surface area contributed by atoms with Crippen molar-refractivity contribution < 1.29 is 4.79 Å². The number of nitrogens with two attached hydrogens (primary N) is 1. The predicted molar refractivity (Wildman–Crippen MR) is 54.7 cm³/mol. The molecule has 5 heteroatoms. The zero-order chi connectivity index (χ0) is 10.0. The number of thiazole rings is 1. The van der Waals surface area contributed by atoms with E-state index < -0.39 is 5.54 Å². The second-order valence-corrected chi connectivity index (χ2v) is 4.63. The summed E-state index contributed by atoms with van der Waals surface area (Å²) in [4.78, 5) is 16.6. The largest absolute Gasteiger partial charge is 0.350 e. The second kappa shape index (κ2) is 3.67.